The van der Waals surface area contributed by atoms with Gasteiger partial charge in [0.15, 0.2) is 6.29 Å². The zero-order chi connectivity index (χ0) is 12.1. The molecule has 0 heterocycles. The Morgan fingerprint density at radius 2 is 2.12 bits per heavy atom. The highest BCUT2D eigenvalue weighted by atomic mass is 19.3. The highest BCUT2D eigenvalue weighted by molar-refractivity contribution is 5.92. The monoisotopic (exact) mass is 230 g/mol. The van der Waals surface area contributed by atoms with Gasteiger partial charge >= 0.3 is 12.6 Å². The van der Waals surface area contributed by atoms with Crippen molar-refractivity contribution in [3.63, 3.8) is 0 Å². The van der Waals surface area contributed by atoms with Crippen LogP contribution in [0.2, 0.25) is 0 Å². The van der Waals surface area contributed by atoms with Crippen molar-refractivity contribution in [2.75, 3.05) is 7.11 Å². The van der Waals surface area contributed by atoms with Gasteiger partial charge in [-0.15, -0.1) is 0 Å². The van der Waals surface area contributed by atoms with Crippen LogP contribution in [0.25, 0.3) is 0 Å². The van der Waals surface area contributed by atoms with E-state index in [-0.39, 0.29) is 16.9 Å². The molecular formula is C10H8F2O4. The van der Waals surface area contributed by atoms with Crippen LogP contribution in [0, 0.1) is 0 Å². The molecule has 0 atom stereocenters. The lowest BCUT2D eigenvalue weighted by Gasteiger charge is -2.07. The van der Waals surface area contributed by atoms with E-state index in [1.807, 2.05) is 0 Å². The van der Waals surface area contributed by atoms with Crippen LogP contribution in [0.4, 0.5) is 8.78 Å². The van der Waals surface area contributed by atoms with Crippen LogP contribution in [-0.2, 0) is 4.74 Å². The number of hydrogen-bond donors (Lipinski definition) is 0. The highest BCUT2D eigenvalue weighted by Crippen LogP contribution is 2.20. The van der Waals surface area contributed by atoms with Gasteiger partial charge in [-0.1, -0.05) is 0 Å². The molecule has 0 unspecified atom stereocenters. The Morgan fingerprint density at radius 1 is 1.44 bits per heavy atom. The van der Waals surface area contributed by atoms with Crippen LogP contribution < -0.4 is 4.74 Å². The number of halogens is 2. The Labute approximate surface area is 89.8 Å². The Morgan fingerprint density at radius 3 is 2.62 bits per heavy atom. The molecule has 6 heteroatoms. The van der Waals surface area contributed by atoms with Gasteiger partial charge in [0.05, 0.1) is 18.2 Å². The Kier molecular flexibility index (Phi) is 3.93. The number of methoxy groups -OCH3 is 1. The molecule has 4 nitrogen and oxygen atoms in total. The average molecular weight is 230 g/mol. The van der Waals surface area contributed by atoms with E-state index in [0.29, 0.717) is 6.29 Å². The van der Waals surface area contributed by atoms with Gasteiger partial charge in [0, 0.05) is 0 Å². The van der Waals surface area contributed by atoms with Crippen LogP contribution in [0.15, 0.2) is 18.2 Å². The second-order valence-corrected chi connectivity index (χ2v) is 2.74. The molecule has 1 aromatic rings. The lowest BCUT2D eigenvalue weighted by molar-refractivity contribution is -0.0500. The van der Waals surface area contributed by atoms with E-state index < -0.39 is 12.6 Å². The summed E-state index contributed by atoms with van der Waals surface area (Å²) in [6.45, 7) is -3.03. The third kappa shape index (κ3) is 2.75. The number of ether oxygens (including phenoxy) is 2. The van der Waals surface area contributed by atoms with Crippen molar-refractivity contribution >= 4 is 12.3 Å². The van der Waals surface area contributed by atoms with Crippen LogP contribution >= 0.6 is 0 Å². The normalized spacial score (nSPS) is 10.0. The van der Waals surface area contributed by atoms with Crippen molar-refractivity contribution in [1.29, 1.82) is 0 Å². The fourth-order valence-corrected chi connectivity index (χ4v) is 1.09. The standard InChI is InChI=1S/C10H8F2O4/c1-15-9(14)6-2-3-8(16-10(11)12)7(4-6)5-13/h2-5,10H,1H3. The highest BCUT2D eigenvalue weighted by Gasteiger charge is 2.13. The summed E-state index contributed by atoms with van der Waals surface area (Å²) in [5, 5.41) is 0. The molecule has 0 radical (unpaired) electrons. The predicted molar refractivity (Wildman–Crippen MR) is 49.8 cm³/mol. The quantitative estimate of drug-likeness (QED) is 0.585. The Hall–Kier alpha value is -1.98. The van der Waals surface area contributed by atoms with E-state index in [2.05, 4.69) is 9.47 Å². The van der Waals surface area contributed by atoms with Gasteiger partial charge in [0.25, 0.3) is 0 Å². The van der Waals surface area contributed by atoms with Crippen LogP contribution in [0.1, 0.15) is 20.7 Å². The van der Waals surface area contributed by atoms with Crippen LogP contribution in [-0.4, -0.2) is 26.0 Å². The van der Waals surface area contributed by atoms with Crippen molar-refractivity contribution in [2.45, 2.75) is 6.61 Å². The number of alkyl halides is 2. The Bertz CT molecular complexity index is 404. The lowest BCUT2D eigenvalue weighted by atomic mass is 10.1. The van der Waals surface area contributed by atoms with Crippen LogP contribution in [0.5, 0.6) is 5.75 Å². The van der Waals surface area contributed by atoms with Crippen molar-refractivity contribution in [2.24, 2.45) is 0 Å². The molecule has 0 spiro atoms. The van der Waals surface area contributed by atoms with Crippen molar-refractivity contribution in [3.8, 4) is 5.75 Å². The summed E-state index contributed by atoms with van der Waals surface area (Å²) in [6.07, 6.45) is 0.324. The third-order valence-corrected chi connectivity index (χ3v) is 1.77. The maximum Gasteiger partial charge on any atom is 0.387 e. The minimum atomic E-state index is -3.03. The maximum atomic E-state index is 11.9. The average Bonchev–Trinajstić information content (AvgIpc) is 2.27. The minimum absolute atomic E-state index is 0.0891. The van der Waals surface area contributed by atoms with E-state index >= 15 is 0 Å². The SMILES string of the molecule is COC(=O)c1ccc(OC(F)F)c(C=O)c1. The first-order valence-electron chi connectivity index (χ1n) is 4.21. The van der Waals surface area contributed by atoms with E-state index in [1.54, 1.807) is 0 Å². The molecular weight excluding hydrogens is 222 g/mol. The number of rotatable bonds is 4. The largest absolute Gasteiger partial charge is 0.465 e. The van der Waals surface area contributed by atoms with Crippen LogP contribution in [0.3, 0.4) is 0 Å². The molecule has 0 aromatic heterocycles. The van der Waals surface area contributed by atoms with E-state index in [0.717, 1.165) is 12.1 Å². The van der Waals surface area contributed by atoms with Gasteiger partial charge in [-0.25, -0.2) is 4.79 Å². The summed E-state index contributed by atoms with van der Waals surface area (Å²) < 4.78 is 32.4. The summed E-state index contributed by atoms with van der Waals surface area (Å²) in [6, 6.07) is 3.47. The zero-order valence-corrected chi connectivity index (χ0v) is 8.28. The lowest BCUT2D eigenvalue weighted by Crippen LogP contribution is -2.06. The molecule has 0 N–H and O–H groups in total. The van der Waals surface area contributed by atoms with E-state index in [4.69, 9.17) is 0 Å². The van der Waals surface area contributed by atoms with Gasteiger partial charge in [0.1, 0.15) is 5.75 Å². The van der Waals surface area contributed by atoms with Gasteiger partial charge in [-0.2, -0.15) is 8.78 Å². The molecule has 0 bridgehead atoms. The number of aldehydes is 1. The number of carbonyl (C=O) groups excluding carboxylic acids is 2. The summed E-state index contributed by atoms with van der Waals surface area (Å²) in [4.78, 5) is 21.7. The number of carbonyl (C=O) groups is 2. The molecule has 16 heavy (non-hydrogen) atoms. The van der Waals surface area contributed by atoms with Gasteiger partial charge in [-0.3, -0.25) is 4.79 Å². The number of hydrogen-bond acceptors (Lipinski definition) is 4. The molecule has 86 valence electrons. The molecule has 0 amide bonds. The Balaban J connectivity index is 3.06. The summed E-state index contributed by atoms with van der Waals surface area (Å²) >= 11 is 0. The maximum absolute atomic E-state index is 11.9. The third-order valence-electron chi connectivity index (χ3n) is 1.77. The zero-order valence-electron chi connectivity index (χ0n) is 8.28. The molecule has 1 rings (SSSR count). The molecule has 0 fully saturated rings. The van der Waals surface area contributed by atoms with Crippen molar-refractivity contribution < 1.29 is 27.8 Å². The first-order chi connectivity index (χ1) is 7.58. The summed E-state index contributed by atoms with van der Waals surface area (Å²) in [5.74, 6) is -0.940. The second-order valence-electron chi connectivity index (χ2n) is 2.74. The smallest absolute Gasteiger partial charge is 0.387 e. The number of benzene rings is 1. The van der Waals surface area contributed by atoms with Crippen molar-refractivity contribution in [1.82, 2.24) is 0 Å². The molecule has 1 aromatic carbocycles. The van der Waals surface area contributed by atoms with Gasteiger partial charge in [0.2, 0.25) is 0 Å². The molecule has 0 aliphatic heterocycles. The van der Waals surface area contributed by atoms with Gasteiger partial charge < -0.3 is 9.47 Å². The molecule has 0 aliphatic carbocycles. The fourth-order valence-electron chi connectivity index (χ4n) is 1.09. The minimum Gasteiger partial charge on any atom is -0.465 e. The molecule has 0 saturated carbocycles. The second kappa shape index (κ2) is 5.20. The molecule has 0 saturated heterocycles. The fraction of sp³-hybridized carbons (Fsp3) is 0.200. The van der Waals surface area contributed by atoms with E-state index in [1.165, 1.54) is 13.2 Å². The predicted octanol–water partition coefficient (Wildman–Crippen LogP) is 1.89. The summed E-state index contributed by atoms with van der Waals surface area (Å²) in [5.41, 5.74) is -0.0468. The molecule has 0 aliphatic rings. The number of esters is 1. The van der Waals surface area contributed by atoms with Crippen molar-refractivity contribution in [3.05, 3.63) is 29.3 Å². The first kappa shape index (κ1) is 12.1. The first-order valence-corrected chi connectivity index (χ1v) is 4.21. The summed E-state index contributed by atoms with van der Waals surface area (Å²) in [7, 11) is 1.17. The topological polar surface area (TPSA) is 52.6 Å². The van der Waals surface area contributed by atoms with E-state index in [9.17, 15) is 18.4 Å². The van der Waals surface area contributed by atoms with Gasteiger partial charge in [-0.05, 0) is 18.2 Å².